The SMILES string of the molecule is CC(C)(O)c1cccc(-c2cccc(Oc3c[c]c(CO)cc3)c2)c1. The van der Waals surface area contributed by atoms with E-state index in [0.29, 0.717) is 5.75 Å². The second-order valence-corrected chi connectivity index (χ2v) is 6.48. The van der Waals surface area contributed by atoms with Gasteiger partial charge in [-0.25, -0.2) is 0 Å². The van der Waals surface area contributed by atoms with Crippen LogP contribution in [-0.4, -0.2) is 10.2 Å². The Hall–Kier alpha value is -2.62. The van der Waals surface area contributed by atoms with E-state index in [2.05, 4.69) is 6.07 Å². The highest BCUT2D eigenvalue weighted by Gasteiger charge is 2.16. The van der Waals surface area contributed by atoms with Crippen LogP contribution in [0.15, 0.2) is 66.7 Å². The minimum atomic E-state index is -0.881. The molecule has 0 aliphatic heterocycles. The van der Waals surface area contributed by atoms with Gasteiger partial charge in [-0.15, -0.1) is 0 Å². The number of aliphatic hydroxyl groups is 2. The van der Waals surface area contributed by atoms with Gasteiger partial charge in [-0.2, -0.15) is 0 Å². The predicted octanol–water partition coefficient (Wildman–Crippen LogP) is 4.67. The van der Waals surface area contributed by atoms with E-state index in [-0.39, 0.29) is 6.61 Å². The minimum Gasteiger partial charge on any atom is -0.457 e. The molecule has 0 saturated carbocycles. The molecule has 0 bridgehead atoms. The molecule has 0 aromatic heterocycles. The van der Waals surface area contributed by atoms with Gasteiger partial charge in [-0.1, -0.05) is 36.4 Å². The maximum Gasteiger partial charge on any atom is 0.128 e. The van der Waals surface area contributed by atoms with E-state index in [1.165, 1.54) is 0 Å². The maximum absolute atomic E-state index is 10.2. The first-order chi connectivity index (χ1) is 12.0. The molecule has 3 nitrogen and oxygen atoms in total. The van der Waals surface area contributed by atoms with Crippen LogP contribution in [0.5, 0.6) is 11.5 Å². The summed E-state index contributed by atoms with van der Waals surface area (Å²) in [5.41, 5.74) is 2.75. The Kier molecular flexibility index (Phi) is 4.88. The van der Waals surface area contributed by atoms with Gasteiger partial charge < -0.3 is 14.9 Å². The van der Waals surface area contributed by atoms with E-state index >= 15 is 0 Å². The molecule has 0 spiro atoms. The summed E-state index contributed by atoms with van der Waals surface area (Å²) in [6.07, 6.45) is 0. The Labute approximate surface area is 148 Å². The molecule has 0 saturated heterocycles. The van der Waals surface area contributed by atoms with Gasteiger partial charge in [0, 0.05) is 0 Å². The van der Waals surface area contributed by atoms with E-state index in [0.717, 1.165) is 28.0 Å². The van der Waals surface area contributed by atoms with Crippen molar-refractivity contribution in [3.63, 3.8) is 0 Å². The van der Waals surface area contributed by atoms with Crippen LogP contribution >= 0.6 is 0 Å². The first-order valence-corrected chi connectivity index (χ1v) is 8.18. The van der Waals surface area contributed by atoms with E-state index in [1.54, 1.807) is 26.0 Å². The number of ether oxygens (including phenoxy) is 1. The first-order valence-electron chi connectivity index (χ1n) is 8.18. The van der Waals surface area contributed by atoms with Gasteiger partial charge in [0.05, 0.1) is 12.2 Å². The number of aliphatic hydroxyl groups excluding tert-OH is 1. The topological polar surface area (TPSA) is 49.7 Å². The summed E-state index contributed by atoms with van der Waals surface area (Å²) in [6.45, 7) is 3.52. The normalized spacial score (nSPS) is 11.4. The molecule has 3 rings (SSSR count). The summed E-state index contributed by atoms with van der Waals surface area (Å²) >= 11 is 0. The maximum atomic E-state index is 10.2. The van der Waals surface area contributed by atoms with Crippen LogP contribution in [-0.2, 0) is 12.2 Å². The van der Waals surface area contributed by atoms with Crippen molar-refractivity contribution in [2.45, 2.75) is 26.1 Å². The Balaban J connectivity index is 1.86. The Bertz CT molecular complexity index is 846. The van der Waals surface area contributed by atoms with Crippen molar-refractivity contribution >= 4 is 0 Å². The van der Waals surface area contributed by atoms with Crippen LogP contribution < -0.4 is 4.74 Å². The molecule has 0 atom stereocenters. The molecule has 0 aliphatic rings. The van der Waals surface area contributed by atoms with Crippen LogP contribution in [0.2, 0.25) is 0 Å². The monoisotopic (exact) mass is 333 g/mol. The zero-order valence-corrected chi connectivity index (χ0v) is 14.4. The van der Waals surface area contributed by atoms with Crippen molar-refractivity contribution in [3.05, 3.63) is 83.9 Å². The zero-order valence-electron chi connectivity index (χ0n) is 14.4. The lowest BCUT2D eigenvalue weighted by atomic mass is 9.94. The van der Waals surface area contributed by atoms with Gasteiger partial charge in [0.2, 0.25) is 0 Å². The minimum absolute atomic E-state index is 0.0344. The van der Waals surface area contributed by atoms with Crippen molar-refractivity contribution in [1.29, 1.82) is 0 Å². The molecule has 1 radical (unpaired) electrons. The fourth-order valence-corrected chi connectivity index (χ4v) is 2.56. The highest BCUT2D eigenvalue weighted by Crippen LogP contribution is 2.30. The quantitative estimate of drug-likeness (QED) is 0.713. The van der Waals surface area contributed by atoms with Crippen molar-refractivity contribution in [2.24, 2.45) is 0 Å². The third-order valence-electron chi connectivity index (χ3n) is 3.99. The molecule has 0 unspecified atom stereocenters. The fraction of sp³-hybridized carbons (Fsp3) is 0.182. The lowest BCUT2D eigenvalue weighted by Gasteiger charge is -2.18. The highest BCUT2D eigenvalue weighted by molar-refractivity contribution is 5.66. The summed E-state index contributed by atoms with van der Waals surface area (Å²) in [5.74, 6) is 1.39. The van der Waals surface area contributed by atoms with Crippen LogP contribution in [0.3, 0.4) is 0 Å². The van der Waals surface area contributed by atoms with E-state index in [4.69, 9.17) is 9.84 Å². The summed E-state index contributed by atoms with van der Waals surface area (Å²) in [4.78, 5) is 0. The average molecular weight is 333 g/mol. The molecule has 3 heteroatoms. The smallest absolute Gasteiger partial charge is 0.128 e. The zero-order chi connectivity index (χ0) is 17.9. The summed E-state index contributed by atoms with van der Waals surface area (Å²) in [5, 5.41) is 19.3. The van der Waals surface area contributed by atoms with Crippen LogP contribution in [0.4, 0.5) is 0 Å². The van der Waals surface area contributed by atoms with Gasteiger partial charge in [0.1, 0.15) is 11.5 Å². The average Bonchev–Trinajstić information content (AvgIpc) is 2.62. The Morgan fingerprint density at radius 1 is 0.920 bits per heavy atom. The molecule has 0 aliphatic carbocycles. The van der Waals surface area contributed by atoms with Crippen molar-refractivity contribution < 1.29 is 14.9 Å². The summed E-state index contributed by atoms with van der Waals surface area (Å²) < 4.78 is 5.88. The van der Waals surface area contributed by atoms with Crippen molar-refractivity contribution in [1.82, 2.24) is 0 Å². The van der Waals surface area contributed by atoms with Crippen molar-refractivity contribution in [3.8, 4) is 22.6 Å². The predicted molar refractivity (Wildman–Crippen MR) is 98.4 cm³/mol. The summed E-state index contributed by atoms with van der Waals surface area (Å²) in [7, 11) is 0. The number of rotatable bonds is 5. The van der Waals surface area contributed by atoms with Gasteiger partial charge in [-0.05, 0) is 72.5 Å². The molecule has 3 aromatic carbocycles. The highest BCUT2D eigenvalue weighted by atomic mass is 16.5. The van der Waals surface area contributed by atoms with Crippen LogP contribution in [0.1, 0.15) is 25.0 Å². The molecule has 25 heavy (non-hydrogen) atoms. The lowest BCUT2D eigenvalue weighted by Crippen LogP contribution is -2.15. The Morgan fingerprint density at radius 2 is 1.64 bits per heavy atom. The molecule has 3 aromatic rings. The standard InChI is InChI=1S/C22H21O3/c1-22(2,24)19-7-3-5-17(13-19)18-6-4-8-21(14-18)25-20-11-9-16(15-23)10-12-20/h3-9,11-14,23-24H,15H2,1-2H3. The van der Waals surface area contributed by atoms with Gasteiger partial charge in [-0.3, -0.25) is 0 Å². The first kappa shape index (κ1) is 17.2. The molecular weight excluding hydrogens is 312 g/mol. The summed E-state index contributed by atoms with van der Waals surface area (Å²) in [6, 6.07) is 23.9. The van der Waals surface area contributed by atoms with Gasteiger partial charge >= 0.3 is 0 Å². The van der Waals surface area contributed by atoms with E-state index in [1.807, 2.05) is 54.6 Å². The second-order valence-electron chi connectivity index (χ2n) is 6.48. The third-order valence-corrected chi connectivity index (χ3v) is 3.99. The lowest BCUT2D eigenvalue weighted by molar-refractivity contribution is 0.0786. The van der Waals surface area contributed by atoms with Crippen LogP contribution in [0, 0.1) is 6.07 Å². The fourth-order valence-electron chi connectivity index (χ4n) is 2.56. The van der Waals surface area contributed by atoms with Gasteiger partial charge in [0.25, 0.3) is 0 Å². The molecule has 0 amide bonds. The molecule has 0 heterocycles. The second kappa shape index (κ2) is 7.09. The Morgan fingerprint density at radius 3 is 2.28 bits per heavy atom. The molecule has 127 valence electrons. The van der Waals surface area contributed by atoms with E-state index in [9.17, 15) is 5.11 Å². The third kappa shape index (κ3) is 4.27. The number of hydrogen-bond donors (Lipinski definition) is 2. The molecule has 0 fully saturated rings. The largest absolute Gasteiger partial charge is 0.457 e. The number of hydrogen-bond acceptors (Lipinski definition) is 3. The van der Waals surface area contributed by atoms with Gasteiger partial charge in [0.15, 0.2) is 0 Å². The number of benzene rings is 3. The van der Waals surface area contributed by atoms with Crippen molar-refractivity contribution in [2.75, 3.05) is 0 Å². The molecule has 2 N–H and O–H groups in total. The van der Waals surface area contributed by atoms with E-state index < -0.39 is 5.60 Å². The molecular formula is C22H21O3. The van der Waals surface area contributed by atoms with Crippen LogP contribution in [0.25, 0.3) is 11.1 Å².